The number of aliphatic hydroxyl groups excluding tert-OH is 1. The Labute approximate surface area is 309 Å². The van der Waals surface area contributed by atoms with E-state index in [-0.39, 0.29) is 5.91 Å². The quantitative estimate of drug-likeness (QED) is 0.0336. The van der Waals surface area contributed by atoms with E-state index in [4.69, 9.17) is 0 Å². The molecule has 2 unspecified atom stereocenters. The number of carbonyl (C=O) groups is 1. The highest BCUT2D eigenvalue weighted by atomic mass is 32.2. The summed E-state index contributed by atoms with van der Waals surface area (Å²) in [6.07, 6.45) is 49.1. The van der Waals surface area contributed by atoms with E-state index in [0.29, 0.717) is 12.8 Å². The number of allylic oxidation sites excluding steroid dienone is 8. The van der Waals surface area contributed by atoms with Crippen LogP contribution in [0.4, 0.5) is 0 Å². The monoisotopic (exact) mass is 722 g/mol. The summed E-state index contributed by atoms with van der Waals surface area (Å²) in [6, 6.07) is -0.979. The molecule has 1 amide bonds. The molecule has 0 rings (SSSR count). The van der Waals surface area contributed by atoms with E-state index in [0.717, 1.165) is 77.0 Å². The molecule has 0 radical (unpaired) electrons. The van der Waals surface area contributed by atoms with Gasteiger partial charge in [-0.3, -0.25) is 9.35 Å². The zero-order chi connectivity index (χ0) is 36.8. The van der Waals surface area contributed by atoms with Crippen LogP contribution >= 0.6 is 0 Å². The minimum atomic E-state index is -4.32. The largest absolute Gasteiger partial charge is 0.391 e. The molecule has 0 aromatic carbocycles. The Morgan fingerprint density at radius 1 is 0.560 bits per heavy atom. The number of hydrogen-bond donors (Lipinski definition) is 3. The summed E-state index contributed by atoms with van der Waals surface area (Å²) in [5.74, 6) is -0.915. The SMILES string of the molecule is CC/C=C\C/C=C\C/C=C\C/C=C\CCCCCCCCC(=O)NC(CS(=O)(=O)O)C(O)CCCCCCCCCCCCCCCCCC. The number of amides is 1. The fourth-order valence-electron chi connectivity index (χ4n) is 6.21. The van der Waals surface area contributed by atoms with Crippen LogP contribution in [-0.2, 0) is 14.9 Å². The highest BCUT2D eigenvalue weighted by molar-refractivity contribution is 7.85. The summed E-state index contributed by atoms with van der Waals surface area (Å²) in [4.78, 5) is 12.5. The number of hydrogen-bond acceptors (Lipinski definition) is 4. The molecule has 0 bridgehead atoms. The lowest BCUT2D eigenvalue weighted by molar-refractivity contribution is -0.122. The van der Waals surface area contributed by atoms with Crippen LogP contribution in [0.1, 0.15) is 200 Å². The zero-order valence-corrected chi connectivity index (χ0v) is 33.3. The van der Waals surface area contributed by atoms with Crippen LogP contribution < -0.4 is 5.32 Å². The minimum absolute atomic E-state index is 0.260. The highest BCUT2D eigenvalue weighted by Crippen LogP contribution is 2.16. The Bertz CT molecular complexity index is 972. The second-order valence-electron chi connectivity index (χ2n) is 14.2. The molecule has 0 aliphatic carbocycles. The van der Waals surface area contributed by atoms with Crippen molar-refractivity contribution in [2.45, 2.75) is 212 Å². The maximum Gasteiger partial charge on any atom is 0.266 e. The standard InChI is InChI=1S/C43H79NO5S/c1-3-5-7-9-11-13-15-17-19-21-22-23-25-27-29-31-33-35-37-39-43(46)44-41(40-50(47,48)49)42(45)38-36-34-32-30-28-26-24-20-18-16-14-12-10-8-6-4-2/h5,7,11,13,17,19,22-23,41-42,45H,3-4,6,8-10,12,14-16,18,20-21,24-40H2,1-2H3,(H,44,46)(H,47,48,49)/b7-5-,13-11-,19-17-,23-22-. The predicted octanol–water partition coefficient (Wildman–Crippen LogP) is 12.3. The first-order valence-corrected chi connectivity index (χ1v) is 22.4. The average Bonchev–Trinajstić information content (AvgIpc) is 3.08. The number of nitrogens with one attached hydrogen (secondary N) is 1. The third-order valence-electron chi connectivity index (χ3n) is 9.30. The second kappa shape index (κ2) is 37.1. The average molecular weight is 722 g/mol. The third kappa shape index (κ3) is 37.6. The molecular formula is C43H79NO5S. The summed E-state index contributed by atoms with van der Waals surface area (Å²) in [6.45, 7) is 4.41. The molecule has 0 saturated heterocycles. The van der Waals surface area contributed by atoms with Gasteiger partial charge < -0.3 is 10.4 Å². The molecule has 7 heteroatoms. The van der Waals surface area contributed by atoms with Gasteiger partial charge in [0.25, 0.3) is 10.1 Å². The van der Waals surface area contributed by atoms with Crippen molar-refractivity contribution in [3.8, 4) is 0 Å². The molecular weight excluding hydrogens is 643 g/mol. The number of unbranched alkanes of at least 4 members (excludes halogenated alkanes) is 21. The molecule has 3 N–H and O–H groups in total. The van der Waals surface area contributed by atoms with E-state index >= 15 is 0 Å². The van der Waals surface area contributed by atoms with E-state index in [9.17, 15) is 22.9 Å². The van der Waals surface area contributed by atoms with Gasteiger partial charge in [0, 0.05) is 6.42 Å². The Balaban J connectivity index is 3.90. The molecule has 0 fully saturated rings. The highest BCUT2D eigenvalue weighted by Gasteiger charge is 2.26. The number of rotatable bonds is 37. The van der Waals surface area contributed by atoms with Gasteiger partial charge in [-0.25, -0.2) is 0 Å². The maximum atomic E-state index is 12.5. The van der Waals surface area contributed by atoms with Gasteiger partial charge in [0.05, 0.1) is 17.9 Å². The van der Waals surface area contributed by atoms with E-state index in [2.05, 4.69) is 67.8 Å². The number of aliphatic hydroxyl groups is 1. The normalized spacial score (nSPS) is 13.8. The molecule has 2 atom stereocenters. The first-order chi connectivity index (χ1) is 24.3. The van der Waals surface area contributed by atoms with Crippen LogP contribution in [-0.4, -0.2) is 41.9 Å². The van der Waals surface area contributed by atoms with E-state index in [1.165, 1.54) is 96.3 Å². The Morgan fingerprint density at radius 3 is 1.42 bits per heavy atom. The molecule has 0 aromatic rings. The van der Waals surface area contributed by atoms with Gasteiger partial charge in [-0.2, -0.15) is 8.42 Å². The van der Waals surface area contributed by atoms with Crippen molar-refractivity contribution < 1.29 is 22.9 Å². The molecule has 0 aliphatic rings. The van der Waals surface area contributed by atoms with Crippen LogP contribution in [0.2, 0.25) is 0 Å². The maximum absolute atomic E-state index is 12.5. The van der Waals surface area contributed by atoms with E-state index in [1.54, 1.807) is 0 Å². The lowest BCUT2D eigenvalue weighted by atomic mass is 10.0. The molecule has 50 heavy (non-hydrogen) atoms. The van der Waals surface area contributed by atoms with Gasteiger partial charge in [-0.05, 0) is 51.4 Å². The fraction of sp³-hybridized carbons (Fsp3) is 0.791. The number of carbonyl (C=O) groups excluding carboxylic acids is 1. The van der Waals surface area contributed by atoms with E-state index in [1.807, 2.05) is 0 Å². The Morgan fingerprint density at radius 2 is 0.960 bits per heavy atom. The summed E-state index contributed by atoms with van der Waals surface area (Å²) in [5, 5.41) is 13.4. The van der Waals surface area contributed by atoms with Crippen LogP contribution in [0.25, 0.3) is 0 Å². The smallest absolute Gasteiger partial charge is 0.266 e. The molecule has 0 aromatic heterocycles. The first-order valence-electron chi connectivity index (χ1n) is 20.8. The van der Waals surface area contributed by atoms with Crippen LogP contribution in [0.3, 0.4) is 0 Å². The first kappa shape index (κ1) is 48.3. The molecule has 0 aliphatic heterocycles. The molecule has 6 nitrogen and oxygen atoms in total. The zero-order valence-electron chi connectivity index (χ0n) is 32.5. The van der Waals surface area contributed by atoms with Gasteiger partial charge in [0.1, 0.15) is 0 Å². The van der Waals surface area contributed by atoms with Crippen molar-refractivity contribution in [3.63, 3.8) is 0 Å². The summed E-state index contributed by atoms with van der Waals surface area (Å²) in [7, 11) is -4.32. The van der Waals surface area contributed by atoms with Gasteiger partial charge in [-0.1, -0.05) is 191 Å². The van der Waals surface area contributed by atoms with Crippen molar-refractivity contribution in [1.29, 1.82) is 0 Å². The topological polar surface area (TPSA) is 104 Å². The van der Waals surface area contributed by atoms with Gasteiger partial charge in [0.15, 0.2) is 0 Å². The summed E-state index contributed by atoms with van der Waals surface area (Å²) in [5.41, 5.74) is 0. The van der Waals surface area contributed by atoms with Crippen molar-refractivity contribution in [3.05, 3.63) is 48.6 Å². The van der Waals surface area contributed by atoms with Gasteiger partial charge in [-0.15, -0.1) is 0 Å². The van der Waals surface area contributed by atoms with Crippen molar-refractivity contribution in [2.75, 3.05) is 5.75 Å². The van der Waals surface area contributed by atoms with Crippen LogP contribution in [0.15, 0.2) is 48.6 Å². The van der Waals surface area contributed by atoms with Crippen molar-refractivity contribution >= 4 is 16.0 Å². The fourth-order valence-corrected chi connectivity index (χ4v) is 6.97. The third-order valence-corrected chi connectivity index (χ3v) is 10.1. The molecule has 0 saturated carbocycles. The van der Waals surface area contributed by atoms with Crippen LogP contribution in [0, 0.1) is 0 Å². The second-order valence-corrected chi connectivity index (χ2v) is 15.7. The van der Waals surface area contributed by atoms with Crippen LogP contribution in [0.5, 0.6) is 0 Å². The molecule has 0 heterocycles. The molecule has 0 spiro atoms. The molecule has 292 valence electrons. The minimum Gasteiger partial charge on any atom is -0.391 e. The predicted molar refractivity (Wildman–Crippen MR) is 216 cm³/mol. The summed E-state index contributed by atoms with van der Waals surface area (Å²) < 4.78 is 32.6. The van der Waals surface area contributed by atoms with Crippen molar-refractivity contribution in [2.24, 2.45) is 0 Å². The Hall–Kier alpha value is -1.70. The van der Waals surface area contributed by atoms with E-state index < -0.39 is 28.0 Å². The summed E-state index contributed by atoms with van der Waals surface area (Å²) >= 11 is 0. The lowest BCUT2D eigenvalue weighted by Gasteiger charge is -2.23. The lowest BCUT2D eigenvalue weighted by Crippen LogP contribution is -2.47. The van der Waals surface area contributed by atoms with Gasteiger partial charge in [0.2, 0.25) is 5.91 Å². The van der Waals surface area contributed by atoms with Gasteiger partial charge >= 0.3 is 0 Å². The van der Waals surface area contributed by atoms with Crippen molar-refractivity contribution in [1.82, 2.24) is 5.32 Å². The Kier molecular flexibility index (Phi) is 35.8.